The van der Waals surface area contributed by atoms with Crippen LogP contribution in [-0.4, -0.2) is 17.4 Å². The topological polar surface area (TPSA) is 71.0 Å². The van der Waals surface area contributed by atoms with Crippen LogP contribution in [0.5, 0.6) is 17.2 Å². The average molecular weight is 319 g/mol. The number of ether oxygens (including phenoxy) is 1. The van der Waals surface area contributed by atoms with Crippen molar-refractivity contribution >= 4 is 18.7 Å². The zero-order valence-electron chi connectivity index (χ0n) is 12.6. The molecule has 24 heavy (non-hydrogen) atoms. The van der Waals surface area contributed by atoms with Crippen molar-refractivity contribution in [3.8, 4) is 28.4 Å². The van der Waals surface area contributed by atoms with Crippen LogP contribution in [-0.2, 0) is 0 Å². The molecule has 118 valence electrons. The predicted molar refractivity (Wildman–Crippen MR) is 92.5 cm³/mol. The molecule has 0 saturated heterocycles. The molecule has 0 fully saturated rings. The van der Waals surface area contributed by atoms with Crippen LogP contribution >= 0.6 is 0 Å². The van der Waals surface area contributed by atoms with Crippen molar-refractivity contribution in [2.45, 2.75) is 0 Å². The van der Waals surface area contributed by atoms with E-state index in [4.69, 9.17) is 19.4 Å². The number of hydrogen-bond donors (Lipinski definition) is 3. The summed E-state index contributed by atoms with van der Waals surface area (Å²) in [5, 5.41) is 21.1. The Labute approximate surface area is 139 Å². The van der Waals surface area contributed by atoms with Gasteiger partial charge in [-0.1, -0.05) is 36.4 Å². The van der Waals surface area contributed by atoms with Gasteiger partial charge in [0, 0.05) is 5.56 Å². The van der Waals surface area contributed by atoms with Crippen LogP contribution in [0, 0.1) is 0 Å². The molecule has 1 heterocycles. The first-order valence-corrected chi connectivity index (χ1v) is 7.51. The van der Waals surface area contributed by atoms with E-state index in [1.807, 2.05) is 54.6 Å². The van der Waals surface area contributed by atoms with Gasteiger partial charge in [0.1, 0.15) is 5.75 Å². The molecular formula is C18H14BNO4. The first-order valence-electron chi connectivity index (χ1n) is 7.51. The molecule has 0 unspecified atom stereocenters. The summed E-state index contributed by atoms with van der Waals surface area (Å²) in [5.74, 6) is 1.94. The Morgan fingerprint density at radius 1 is 0.833 bits per heavy atom. The van der Waals surface area contributed by atoms with Crippen LogP contribution < -0.4 is 14.7 Å². The molecule has 1 aliphatic heterocycles. The van der Waals surface area contributed by atoms with E-state index < -0.39 is 7.32 Å². The van der Waals surface area contributed by atoms with Crippen LogP contribution in [0.3, 0.4) is 0 Å². The number of rotatable bonds is 3. The second kappa shape index (κ2) is 5.92. The van der Waals surface area contributed by atoms with Gasteiger partial charge in [-0.25, -0.2) is 0 Å². The van der Waals surface area contributed by atoms with Gasteiger partial charge in [-0.2, -0.15) is 0 Å². The fourth-order valence-corrected chi connectivity index (χ4v) is 2.73. The van der Waals surface area contributed by atoms with Crippen LogP contribution in [0.4, 0.5) is 11.4 Å². The van der Waals surface area contributed by atoms with E-state index in [0.717, 1.165) is 34.0 Å². The summed E-state index contributed by atoms with van der Waals surface area (Å²) < 4.78 is 10.8. The predicted octanol–water partition coefficient (Wildman–Crippen LogP) is 3.55. The molecule has 5 nitrogen and oxygen atoms in total. The largest absolute Gasteiger partial charge is 0.707 e. The minimum absolute atomic E-state index is 0.383. The molecule has 0 aromatic heterocycles. The third kappa shape index (κ3) is 2.69. The molecular weight excluding hydrogens is 305 g/mol. The first-order chi connectivity index (χ1) is 11.7. The lowest BCUT2D eigenvalue weighted by atomic mass is 10.0. The standard InChI is InChI=1S/C18H14BNO4/c21-19(22)24-13-10-8-12(9-11-13)14-4-3-7-17-18(14)20-15-5-1-2-6-16(15)23-17/h1-11,20-22H. The van der Waals surface area contributed by atoms with Crippen molar-refractivity contribution in [1.82, 2.24) is 0 Å². The third-order valence-corrected chi connectivity index (χ3v) is 3.80. The highest BCUT2D eigenvalue weighted by molar-refractivity contribution is 6.33. The summed E-state index contributed by atoms with van der Waals surface area (Å²) in [6, 6.07) is 20.7. The van der Waals surface area contributed by atoms with Crippen molar-refractivity contribution in [3.63, 3.8) is 0 Å². The molecule has 0 aliphatic carbocycles. The van der Waals surface area contributed by atoms with E-state index in [1.54, 1.807) is 12.1 Å². The van der Waals surface area contributed by atoms with Gasteiger partial charge in [-0.05, 0) is 35.9 Å². The van der Waals surface area contributed by atoms with E-state index in [9.17, 15) is 0 Å². The minimum Gasteiger partial charge on any atom is -0.512 e. The lowest BCUT2D eigenvalue weighted by Crippen LogP contribution is -2.20. The van der Waals surface area contributed by atoms with Gasteiger partial charge in [0.15, 0.2) is 11.5 Å². The highest BCUT2D eigenvalue weighted by Crippen LogP contribution is 2.46. The number of benzene rings is 3. The van der Waals surface area contributed by atoms with Gasteiger partial charge in [0.05, 0.1) is 11.4 Å². The number of nitrogens with one attached hydrogen (secondary N) is 1. The number of fused-ring (bicyclic) bond motifs is 2. The number of para-hydroxylation sites is 3. The van der Waals surface area contributed by atoms with Crippen molar-refractivity contribution in [1.29, 1.82) is 0 Å². The lowest BCUT2D eigenvalue weighted by molar-refractivity contribution is 0.288. The second-order valence-corrected chi connectivity index (χ2v) is 5.37. The summed E-state index contributed by atoms with van der Waals surface area (Å²) in [5.41, 5.74) is 3.76. The van der Waals surface area contributed by atoms with Gasteiger partial charge in [0.2, 0.25) is 0 Å². The van der Waals surface area contributed by atoms with Crippen LogP contribution in [0.1, 0.15) is 0 Å². The molecule has 1 aliphatic rings. The van der Waals surface area contributed by atoms with E-state index in [0.29, 0.717) is 5.75 Å². The summed E-state index contributed by atoms with van der Waals surface area (Å²) >= 11 is 0. The molecule has 0 amide bonds. The summed E-state index contributed by atoms with van der Waals surface area (Å²) in [7, 11) is -1.83. The van der Waals surface area contributed by atoms with E-state index in [1.165, 1.54) is 0 Å². The smallest absolute Gasteiger partial charge is 0.512 e. The van der Waals surface area contributed by atoms with Crippen molar-refractivity contribution in [2.24, 2.45) is 0 Å². The zero-order valence-corrected chi connectivity index (χ0v) is 12.6. The fourth-order valence-electron chi connectivity index (χ4n) is 2.73. The number of hydrogen-bond acceptors (Lipinski definition) is 5. The third-order valence-electron chi connectivity index (χ3n) is 3.80. The highest BCUT2D eigenvalue weighted by Gasteiger charge is 2.19. The van der Waals surface area contributed by atoms with Crippen molar-refractivity contribution in [2.75, 3.05) is 5.32 Å². The Morgan fingerprint density at radius 2 is 1.58 bits per heavy atom. The van der Waals surface area contributed by atoms with Gasteiger partial charge in [0.25, 0.3) is 0 Å². The monoisotopic (exact) mass is 319 g/mol. The summed E-state index contributed by atoms with van der Waals surface area (Å²) in [4.78, 5) is 0. The fraction of sp³-hybridized carbons (Fsp3) is 0. The van der Waals surface area contributed by atoms with Gasteiger partial charge in [-0.3, -0.25) is 0 Å². The molecule has 0 saturated carbocycles. The lowest BCUT2D eigenvalue weighted by Gasteiger charge is -2.24. The summed E-state index contributed by atoms with van der Waals surface area (Å²) in [6.07, 6.45) is 0. The van der Waals surface area contributed by atoms with E-state index >= 15 is 0 Å². The normalized spacial score (nSPS) is 11.6. The maximum atomic E-state index is 8.85. The maximum Gasteiger partial charge on any atom is 0.707 e. The maximum absolute atomic E-state index is 8.85. The zero-order chi connectivity index (χ0) is 16.5. The Balaban J connectivity index is 1.71. The second-order valence-electron chi connectivity index (χ2n) is 5.37. The van der Waals surface area contributed by atoms with Crippen molar-refractivity contribution < 1.29 is 19.4 Å². The quantitative estimate of drug-likeness (QED) is 0.504. The van der Waals surface area contributed by atoms with Crippen LogP contribution in [0.2, 0.25) is 0 Å². The van der Waals surface area contributed by atoms with Crippen molar-refractivity contribution in [3.05, 3.63) is 66.7 Å². The first kappa shape index (κ1) is 14.6. The highest BCUT2D eigenvalue weighted by atomic mass is 16.6. The molecule has 3 aromatic carbocycles. The SMILES string of the molecule is OB(O)Oc1ccc(-c2cccc3c2Nc2ccccc2O3)cc1. The van der Waals surface area contributed by atoms with Gasteiger partial charge >= 0.3 is 7.32 Å². The molecule has 0 radical (unpaired) electrons. The van der Waals surface area contributed by atoms with Gasteiger partial charge < -0.3 is 24.8 Å². The Hall–Kier alpha value is -2.96. The Morgan fingerprint density at radius 3 is 2.38 bits per heavy atom. The number of anilines is 2. The van der Waals surface area contributed by atoms with E-state index in [2.05, 4.69) is 5.32 Å². The van der Waals surface area contributed by atoms with Gasteiger partial charge in [-0.15, -0.1) is 0 Å². The molecule has 0 bridgehead atoms. The molecule has 3 N–H and O–H groups in total. The van der Waals surface area contributed by atoms with E-state index in [-0.39, 0.29) is 0 Å². The Kier molecular flexibility index (Phi) is 3.61. The molecule has 6 heteroatoms. The Bertz CT molecular complexity index is 880. The molecule has 3 aromatic rings. The molecule has 0 atom stereocenters. The molecule has 4 rings (SSSR count). The average Bonchev–Trinajstić information content (AvgIpc) is 2.60. The van der Waals surface area contributed by atoms with Crippen LogP contribution in [0.25, 0.3) is 11.1 Å². The minimum atomic E-state index is -1.83. The molecule has 0 spiro atoms. The van der Waals surface area contributed by atoms with Crippen LogP contribution in [0.15, 0.2) is 66.7 Å². The summed E-state index contributed by atoms with van der Waals surface area (Å²) in [6.45, 7) is 0.